The molecule has 5 amide bonds. The van der Waals surface area contributed by atoms with E-state index in [0.717, 1.165) is 0 Å². The molecule has 1 saturated heterocycles. The van der Waals surface area contributed by atoms with Crippen molar-refractivity contribution in [3.8, 4) is 0 Å². The van der Waals surface area contributed by atoms with Gasteiger partial charge in [-0.1, -0.05) is 0 Å². The third kappa shape index (κ3) is 7.82. The zero-order chi connectivity index (χ0) is 23.7. The number of carbonyl (C=O) groups excluding carboxylic acids is 5. The molecule has 4 atom stereocenters. The Morgan fingerprint density at radius 2 is 1.68 bits per heavy atom. The number of nitrogens with one attached hydrogen (secondary N) is 2. The molecule has 0 aliphatic carbocycles. The van der Waals surface area contributed by atoms with Gasteiger partial charge in [-0.05, 0) is 19.3 Å². The maximum atomic E-state index is 12.8. The van der Waals surface area contributed by atoms with Gasteiger partial charge in [-0.2, -0.15) is 0 Å². The van der Waals surface area contributed by atoms with Crippen molar-refractivity contribution in [2.75, 3.05) is 13.2 Å². The Labute approximate surface area is 177 Å². The highest BCUT2D eigenvalue weighted by Crippen LogP contribution is 2.19. The molecule has 1 aliphatic rings. The first kappa shape index (κ1) is 25.8. The summed E-state index contributed by atoms with van der Waals surface area (Å²) >= 11 is 0. The third-order valence-corrected chi connectivity index (χ3v) is 4.69. The number of amides is 5. The molecular formula is C17H28N6O8. The minimum atomic E-state index is -1.61. The molecule has 174 valence electrons. The Balaban J connectivity index is 2.91. The molecule has 1 rings (SSSR count). The van der Waals surface area contributed by atoms with E-state index in [-0.39, 0.29) is 25.8 Å². The third-order valence-electron chi connectivity index (χ3n) is 4.69. The fraction of sp³-hybridized carbons (Fsp3) is 0.647. The van der Waals surface area contributed by atoms with Crippen LogP contribution in [0.4, 0.5) is 0 Å². The van der Waals surface area contributed by atoms with Crippen LogP contribution in [-0.2, 0) is 28.8 Å². The zero-order valence-corrected chi connectivity index (χ0v) is 16.8. The van der Waals surface area contributed by atoms with Crippen LogP contribution in [-0.4, -0.2) is 87.9 Å². The second kappa shape index (κ2) is 11.8. The lowest BCUT2D eigenvalue weighted by molar-refractivity contribution is -0.144. The smallest absolute Gasteiger partial charge is 0.328 e. The van der Waals surface area contributed by atoms with Gasteiger partial charge in [0.25, 0.3) is 0 Å². The van der Waals surface area contributed by atoms with Crippen LogP contribution in [0.5, 0.6) is 0 Å². The summed E-state index contributed by atoms with van der Waals surface area (Å²) in [6.45, 7) is -0.687. The van der Waals surface area contributed by atoms with Crippen molar-refractivity contribution in [2.24, 2.45) is 17.2 Å². The fourth-order valence-electron chi connectivity index (χ4n) is 3.10. The molecule has 0 radical (unpaired) electrons. The predicted octanol–water partition coefficient (Wildman–Crippen LogP) is -4.51. The van der Waals surface area contributed by atoms with Crippen LogP contribution in [0, 0.1) is 0 Å². The number of aliphatic carboxylic acids is 1. The highest BCUT2D eigenvalue weighted by molar-refractivity contribution is 5.95. The van der Waals surface area contributed by atoms with E-state index >= 15 is 0 Å². The summed E-state index contributed by atoms with van der Waals surface area (Å²) in [5.74, 6) is -5.34. The van der Waals surface area contributed by atoms with Crippen LogP contribution in [0.15, 0.2) is 0 Å². The maximum absolute atomic E-state index is 12.8. The Hall–Kier alpha value is -3.26. The maximum Gasteiger partial charge on any atom is 0.328 e. The molecule has 1 fully saturated rings. The van der Waals surface area contributed by atoms with Crippen LogP contribution in [0.2, 0.25) is 0 Å². The minimum Gasteiger partial charge on any atom is -0.480 e. The van der Waals surface area contributed by atoms with Gasteiger partial charge in [-0.25, -0.2) is 4.79 Å². The van der Waals surface area contributed by atoms with Crippen LogP contribution < -0.4 is 27.8 Å². The second-order valence-corrected chi connectivity index (χ2v) is 7.11. The van der Waals surface area contributed by atoms with Crippen molar-refractivity contribution < 1.29 is 39.0 Å². The molecule has 0 aromatic carbocycles. The van der Waals surface area contributed by atoms with E-state index in [2.05, 4.69) is 10.6 Å². The molecular weight excluding hydrogens is 416 g/mol. The molecule has 14 heteroatoms. The molecule has 1 heterocycles. The number of carbonyl (C=O) groups is 6. The van der Waals surface area contributed by atoms with Gasteiger partial charge in [-0.3, -0.25) is 24.0 Å². The highest BCUT2D eigenvalue weighted by atomic mass is 16.4. The van der Waals surface area contributed by atoms with E-state index in [1.54, 1.807) is 0 Å². The number of nitrogens with two attached hydrogens (primary N) is 3. The molecule has 0 spiro atoms. The van der Waals surface area contributed by atoms with Crippen LogP contribution in [0.1, 0.15) is 32.1 Å². The van der Waals surface area contributed by atoms with Gasteiger partial charge >= 0.3 is 5.97 Å². The molecule has 1 aliphatic heterocycles. The summed E-state index contributed by atoms with van der Waals surface area (Å²) in [4.78, 5) is 71.9. The van der Waals surface area contributed by atoms with Gasteiger partial charge in [0.2, 0.25) is 29.5 Å². The van der Waals surface area contributed by atoms with E-state index in [9.17, 15) is 28.8 Å². The van der Waals surface area contributed by atoms with Gasteiger partial charge < -0.3 is 42.9 Å². The summed E-state index contributed by atoms with van der Waals surface area (Å²) in [7, 11) is 0. The number of aliphatic hydroxyl groups is 1. The van der Waals surface area contributed by atoms with Crippen molar-refractivity contribution in [1.29, 1.82) is 0 Å². The molecule has 14 nitrogen and oxygen atoms in total. The van der Waals surface area contributed by atoms with Crippen LogP contribution >= 0.6 is 0 Å². The van der Waals surface area contributed by atoms with Gasteiger partial charge in [0.15, 0.2) is 0 Å². The Bertz CT molecular complexity index is 729. The molecule has 0 aromatic rings. The van der Waals surface area contributed by atoms with Crippen LogP contribution in [0.25, 0.3) is 0 Å². The Morgan fingerprint density at radius 1 is 1.03 bits per heavy atom. The molecule has 0 bridgehead atoms. The largest absolute Gasteiger partial charge is 0.480 e. The first-order valence-electron chi connectivity index (χ1n) is 9.55. The van der Waals surface area contributed by atoms with Gasteiger partial charge in [0.05, 0.1) is 19.1 Å². The second-order valence-electron chi connectivity index (χ2n) is 7.11. The lowest BCUT2D eigenvalue weighted by atomic mass is 10.1. The quantitative estimate of drug-likeness (QED) is 0.153. The van der Waals surface area contributed by atoms with Gasteiger partial charge in [0.1, 0.15) is 18.1 Å². The number of carboxylic acid groups (broad SMARTS) is 1. The average Bonchev–Trinajstić information content (AvgIpc) is 3.17. The number of carboxylic acids is 1. The number of aliphatic hydroxyl groups excluding tert-OH is 1. The normalized spacial score (nSPS) is 18.5. The zero-order valence-electron chi connectivity index (χ0n) is 16.8. The van der Waals surface area contributed by atoms with Crippen molar-refractivity contribution in [1.82, 2.24) is 15.5 Å². The first-order valence-corrected chi connectivity index (χ1v) is 9.55. The Kier molecular flexibility index (Phi) is 9.82. The molecule has 31 heavy (non-hydrogen) atoms. The SMILES string of the molecule is NC(=O)CCC(NC(=O)C1CCCN1C(=O)C(N)CC(N)=O)C(=O)NC(CO)C(=O)O. The standard InChI is InChI=1S/C17H28N6O8/c18-8(6-13(20)26)16(29)23-5-1-2-11(23)15(28)21-9(3-4-12(19)25)14(27)22-10(7-24)17(30)31/h8-11,24H,1-7,18H2,(H2,19,25)(H2,20,26)(H,21,28)(H,22,27)(H,30,31). The monoisotopic (exact) mass is 444 g/mol. The van der Waals surface area contributed by atoms with E-state index < -0.39 is 72.7 Å². The fourth-order valence-corrected chi connectivity index (χ4v) is 3.10. The van der Waals surface area contributed by atoms with Crippen molar-refractivity contribution >= 4 is 35.5 Å². The predicted molar refractivity (Wildman–Crippen MR) is 104 cm³/mol. The summed E-state index contributed by atoms with van der Waals surface area (Å²) in [5, 5.41) is 22.5. The molecule has 10 N–H and O–H groups in total. The Morgan fingerprint density at radius 3 is 2.19 bits per heavy atom. The van der Waals surface area contributed by atoms with E-state index in [1.807, 2.05) is 0 Å². The average molecular weight is 444 g/mol. The molecule has 4 unspecified atom stereocenters. The number of likely N-dealkylation sites (tertiary alicyclic amines) is 1. The number of primary amides is 2. The van der Waals surface area contributed by atoms with Crippen molar-refractivity contribution in [3.05, 3.63) is 0 Å². The summed E-state index contributed by atoms with van der Waals surface area (Å²) < 4.78 is 0. The van der Waals surface area contributed by atoms with E-state index in [0.29, 0.717) is 6.42 Å². The molecule has 0 saturated carbocycles. The number of hydrogen-bond acceptors (Lipinski definition) is 8. The highest BCUT2D eigenvalue weighted by Gasteiger charge is 2.38. The minimum absolute atomic E-state index is 0.202. The summed E-state index contributed by atoms with van der Waals surface area (Å²) in [6, 6.07) is -5.16. The molecule has 0 aromatic heterocycles. The number of rotatable bonds is 12. The topological polar surface area (TPSA) is 248 Å². The van der Waals surface area contributed by atoms with Gasteiger partial charge in [-0.15, -0.1) is 0 Å². The summed E-state index contributed by atoms with van der Waals surface area (Å²) in [5.41, 5.74) is 15.8. The summed E-state index contributed by atoms with van der Waals surface area (Å²) in [6.07, 6.45) is -0.181. The van der Waals surface area contributed by atoms with Crippen LogP contribution in [0.3, 0.4) is 0 Å². The number of nitrogens with zero attached hydrogens (tertiary/aromatic N) is 1. The van der Waals surface area contributed by atoms with Crippen molar-refractivity contribution in [3.63, 3.8) is 0 Å². The van der Waals surface area contributed by atoms with Crippen molar-refractivity contribution in [2.45, 2.75) is 56.3 Å². The lowest BCUT2D eigenvalue weighted by Crippen LogP contribution is -2.57. The number of hydrogen-bond donors (Lipinski definition) is 7. The van der Waals surface area contributed by atoms with Gasteiger partial charge in [0, 0.05) is 13.0 Å². The van der Waals surface area contributed by atoms with E-state index in [1.165, 1.54) is 4.90 Å². The van der Waals surface area contributed by atoms with E-state index in [4.69, 9.17) is 27.4 Å². The first-order chi connectivity index (χ1) is 14.5. The lowest BCUT2D eigenvalue weighted by Gasteiger charge is -2.28.